The number of rotatable bonds is 6. The van der Waals surface area contributed by atoms with E-state index in [2.05, 4.69) is 21.7 Å². The van der Waals surface area contributed by atoms with E-state index in [0.29, 0.717) is 17.9 Å². The number of quaternary nitrogens is 1. The van der Waals surface area contributed by atoms with Crippen molar-refractivity contribution in [2.24, 2.45) is 0 Å². The molecule has 100 valence electrons. The van der Waals surface area contributed by atoms with Crippen molar-refractivity contribution in [1.82, 2.24) is 0 Å². The topological polar surface area (TPSA) is 86.2 Å². The summed E-state index contributed by atoms with van der Waals surface area (Å²) in [6.07, 6.45) is 0.394. The lowest BCUT2D eigenvalue weighted by Gasteiger charge is -2.15. The number of halogens is 1. The van der Waals surface area contributed by atoms with E-state index < -0.39 is 5.97 Å². The first-order valence-corrected chi connectivity index (χ1v) is 6.23. The van der Waals surface area contributed by atoms with Crippen molar-refractivity contribution in [2.45, 2.75) is 18.9 Å². The summed E-state index contributed by atoms with van der Waals surface area (Å²) in [5.41, 5.74) is 4.84. The van der Waals surface area contributed by atoms with Crippen LogP contribution in [-0.2, 0) is 4.79 Å². The normalized spacial score (nSPS) is 12.0. The minimum Gasteiger partial charge on any atom is -0.550 e. The number of benzene rings is 1. The number of hydrogen-bond donors (Lipinski definition) is 1. The maximum atomic E-state index is 10.4. The van der Waals surface area contributed by atoms with Crippen LogP contribution >= 0.6 is 15.9 Å². The van der Waals surface area contributed by atoms with Crippen LogP contribution in [0, 0.1) is 0 Å². The quantitative estimate of drug-likeness (QED) is 0.816. The van der Waals surface area contributed by atoms with Crippen LogP contribution in [0.2, 0.25) is 0 Å². The van der Waals surface area contributed by atoms with Gasteiger partial charge in [-0.25, -0.2) is 0 Å². The third kappa shape index (κ3) is 3.61. The largest absolute Gasteiger partial charge is 0.550 e. The van der Waals surface area contributed by atoms with E-state index in [1.54, 1.807) is 26.4 Å². The first-order valence-electron chi connectivity index (χ1n) is 5.44. The number of carbonyl (C=O) groups is 1. The molecule has 0 heterocycles. The average Bonchev–Trinajstić information content (AvgIpc) is 2.35. The molecule has 0 amide bonds. The van der Waals surface area contributed by atoms with Crippen LogP contribution in [0.4, 0.5) is 0 Å². The molecule has 6 heteroatoms. The Kier molecular flexibility index (Phi) is 5.43. The zero-order valence-electron chi connectivity index (χ0n) is 10.4. The molecule has 1 aromatic rings. The number of carboxylic acids is 1. The fourth-order valence-corrected chi connectivity index (χ4v) is 2.28. The standard InChI is InChI=1S/C12H16BrNO4/c1-17-10-5-7(8(13)6-11(10)18-2)9(14)3-4-12(15)16/h5-6,9H,3-4,14H2,1-2H3,(H,15,16)/t9-/m0/s1. The second-order valence-corrected chi connectivity index (χ2v) is 4.69. The van der Waals surface area contributed by atoms with E-state index in [-0.39, 0.29) is 12.5 Å². The molecule has 0 bridgehead atoms. The molecule has 0 aliphatic rings. The highest BCUT2D eigenvalue weighted by molar-refractivity contribution is 9.10. The molecule has 0 saturated heterocycles. The first kappa shape index (κ1) is 14.8. The van der Waals surface area contributed by atoms with Crippen LogP contribution in [-0.4, -0.2) is 20.2 Å². The highest BCUT2D eigenvalue weighted by Crippen LogP contribution is 2.35. The summed E-state index contributed by atoms with van der Waals surface area (Å²) in [6.45, 7) is 0. The van der Waals surface area contributed by atoms with E-state index in [4.69, 9.17) is 9.47 Å². The number of ether oxygens (including phenoxy) is 2. The van der Waals surface area contributed by atoms with E-state index in [9.17, 15) is 9.90 Å². The van der Waals surface area contributed by atoms with E-state index >= 15 is 0 Å². The molecule has 0 radical (unpaired) electrons. The maximum Gasteiger partial charge on any atom is 0.161 e. The fourth-order valence-electron chi connectivity index (χ4n) is 1.63. The average molecular weight is 318 g/mol. The number of methoxy groups -OCH3 is 2. The van der Waals surface area contributed by atoms with Gasteiger partial charge in [0, 0.05) is 22.4 Å². The van der Waals surface area contributed by atoms with Crippen molar-refractivity contribution < 1.29 is 25.1 Å². The molecule has 1 atom stereocenters. The summed E-state index contributed by atoms with van der Waals surface area (Å²) in [5, 5.41) is 10.4. The molecule has 0 aromatic heterocycles. The van der Waals surface area contributed by atoms with Gasteiger partial charge < -0.3 is 25.1 Å². The van der Waals surface area contributed by atoms with Gasteiger partial charge >= 0.3 is 0 Å². The van der Waals surface area contributed by atoms with Crippen molar-refractivity contribution in [3.63, 3.8) is 0 Å². The summed E-state index contributed by atoms with van der Waals surface area (Å²) in [5.74, 6) is 0.137. The Balaban J connectivity index is 2.97. The Hall–Kier alpha value is -1.27. The van der Waals surface area contributed by atoms with Crippen molar-refractivity contribution in [3.8, 4) is 11.5 Å². The van der Waals surface area contributed by atoms with Gasteiger partial charge in [0.2, 0.25) is 0 Å². The van der Waals surface area contributed by atoms with Crippen molar-refractivity contribution in [1.29, 1.82) is 0 Å². The van der Waals surface area contributed by atoms with Crippen LogP contribution in [0.15, 0.2) is 16.6 Å². The van der Waals surface area contributed by atoms with Gasteiger partial charge in [0.05, 0.1) is 14.2 Å². The third-order valence-corrected chi connectivity index (χ3v) is 3.33. The van der Waals surface area contributed by atoms with Crippen molar-refractivity contribution >= 4 is 21.9 Å². The molecule has 5 nitrogen and oxygen atoms in total. The highest BCUT2D eigenvalue weighted by Gasteiger charge is 2.17. The Morgan fingerprint density at radius 2 is 1.94 bits per heavy atom. The molecule has 0 aliphatic carbocycles. The maximum absolute atomic E-state index is 10.4. The van der Waals surface area contributed by atoms with Crippen LogP contribution < -0.4 is 20.3 Å². The number of carboxylic acid groups (broad SMARTS) is 1. The van der Waals surface area contributed by atoms with Crippen LogP contribution in [0.5, 0.6) is 11.5 Å². The zero-order valence-corrected chi connectivity index (χ0v) is 12.0. The van der Waals surface area contributed by atoms with Gasteiger partial charge in [-0.3, -0.25) is 0 Å². The van der Waals surface area contributed by atoms with Crippen molar-refractivity contribution in [3.05, 3.63) is 22.2 Å². The van der Waals surface area contributed by atoms with E-state index in [1.807, 2.05) is 0 Å². The SMILES string of the molecule is COc1cc(Br)c([C@@H]([NH3+])CCC(=O)[O-])cc1OC. The lowest BCUT2D eigenvalue weighted by Crippen LogP contribution is -2.54. The lowest BCUT2D eigenvalue weighted by atomic mass is 10.0. The lowest BCUT2D eigenvalue weighted by molar-refractivity contribution is -0.429. The molecule has 0 unspecified atom stereocenters. The van der Waals surface area contributed by atoms with E-state index in [1.165, 1.54) is 0 Å². The molecule has 18 heavy (non-hydrogen) atoms. The van der Waals surface area contributed by atoms with Crippen molar-refractivity contribution in [2.75, 3.05) is 14.2 Å². The van der Waals surface area contributed by atoms with E-state index in [0.717, 1.165) is 10.0 Å². The fraction of sp³-hybridized carbons (Fsp3) is 0.417. The monoisotopic (exact) mass is 317 g/mol. The van der Waals surface area contributed by atoms with Crippen LogP contribution in [0.25, 0.3) is 0 Å². The summed E-state index contributed by atoms with van der Waals surface area (Å²) in [7, 11) is 3.11. The summed E-state index contributed by atoms with van der Waals surface area (Å²) >= 11 is 3.42. The Labute approximate surface area is 114 Å². The summed E-state index contributed by atoms with van der Waals surface area (Å²) < 4.78 is 11.2. The number of carbonyl (C=O) groups excluding carboxylic acids is 1. The minimum absolute atomic E-state index is 0.0189. The number of hydrogen-bond acceptors (Lipinski definition) is 4. The second kappa shape index (κ2) is 6.61. The van der Waals surface area contributed by atoms with Gasteiger partial charge in [-0.05, 0) is 18.6 Å². The van der Waals surface area contributed by atoms with Gasteiger partial charge in [0.25, 0.3) is 0 Å². The number of aliphatic carboxylic acids is 1. The van der Waals surface area contributed by atoms with Gasteiger partial charge in [0.15, 0.2) is 11.5 Å². The Bertz CT molecular complexity index is 436. The predicted molar refractivity (Wildman–Crippen MR) is 67.1 cm³/mol. The van der Waals surface area contributed by atoms with Gasteiger partial charge in [-0.15, -0.1) is 0 Å². The Morgan fingerprint density at radius 1 is 1.39 bits per heavy atom. The van der Waals surface area contributed by atoms with Gasteiger partial charge in [0.1, 0.15) is 6.04 Å². The third-order valence-electron chi connectivity index (χ3n) is 2.64. The predicted octanol–water partition coefficient (Wildman–Crippen LogP) is 0.279. The zero-order chi connectivity index (χ0) is 13.7. The molecule has 0 spiro atoms. The Morgan fingerprint density at radius 3 is 2.44 bits per heavy atom. The molecule has 1 rings (SSSR count). The highest BCUT2D eigenvalue weighted by atomic mass is 79.9. The molecule has 1 aromatic carbocycles. The van der Waals surface area contributed by atoms with Gasteiger partial charge in [-0.1, -0.05) is 15.9 Å². The molecule has 0 saturated carbocycles. The second-order valence-electron chi connectivity index (χ2n) is 3.84. The summed E-state index contributed by atoms with van der Waals surface area (Å²) in [4.78, 5) is 10.4. The molecular formula is C12H16BrNO4. The molecule has 3 N–H and O–H groups in total. The van der Waals surface area contributed by atoms with Gasteiger partial charge in [-0.2, -0.15) is 0 Å². The summed E-state index contributed by atoms with van der Waals surface area (Å²) in [6, 6.07) is 3.43. The molecular weight excluding hydrogens is 302 g/mol. The molecule has 0 aliphatic heterocycles. The first-order chi connectivity index (χ1) is 8.49. The van der Waals surface area contributed by atoms with Crippen LogP contribution in [0.3, 0.4) is 0 Å². The minimum atomic E-state index is -1.07. The van der Waals surface area contributed by atoms with Crippen LogP contribution in [0.1, 0.15) is 24.4 Å². The smallest absolute Gasteiger partial charge is 0.161 e. The molecule has 0 fully saturated rings.